The topological polar surface area (TPSA) is 33.2 Å². The lowest BCUT2D eigenvalue weighted by Crippen LogP contribution is -2.23. The van der Waals surface area contributed by atoms with Crippen molar-refractivity contribution in [3.8, 4) is 0 Å². The van der Waals surface area contributed by atoms with Crippen LogP contribution in [0.15, 0.2) is 12.1 Å². The standard InChI is InChI=1S/C9H11FN2O/c1-6-7(9(13)12(2)3)4-5-8(10)11-6/h4-5H,1-3H3. The van der Waals surface area contributed by atoms with Gasteiger partial charge in [0.25, 0.3) is 5.91 Å². The Bertz CT molecular complexity index is 336. The average molecular weight is 182 g/mol. The predicted octanol–water partition coefficient (Wildman–Crippen LogP) is 1.23. The zero-order valence-corrected chi connectivity index (χ0v) is 7.84. The van der Waals surface area contributed by atoms with E-state index in [0.29, 0.717) is 11.3 Å². The molecule has 1 amide bonds. The smallest absolute Gasteiger partial charge is 0.255 e. The van der Waals surface area contributed by atoms with Gasteiger partial charge in [-0.2, -0.15) is 4.39 Å². The molecule has 1 aromatic heterocycles. The van der Waals surface area contributed by atoms with Gasteiger partial charge in [-0.15, -0.1) is 0 Å². The molecular formula is C9H11FN2O. The van der Waals surface area contributed by atoms with Gasteiger partial charge in [0, 0.05) is 14.1 Å². The van der Waals surface area contributed by atoms with Crippen molar-refractivity contribution in [3.05, 3.63) is 29.3 Å². The van der Waals surface area contributed by atoms with Crippen LogP contribution in [0, 0.1) is 12.9 Å². The largest absolute Gasteiger partial charge is 0.345 e. The maximum Gasteiger partial charge on any atom is 0.255 e. The molecule has 13 heavy (non-hydrogen) atoms. The summed E-state index contributed by atoms with van der Waals surface area (Å²) in [5, 5.41) is 0. The third-order valence-electron chi connectivity index (χ3n) is 1.69. The first kappa shape index (κ1) is 9.64. The van der Waals surface area contributed by atoms with E-state index in [4.69, 9.17) is 0 Å². The summed E-state index contributed by atoms with van der Waals surface area (Å²) in [5.74, 6) is -0.724. The maximum atomic E-state index is 12.6. The second-order valence-electron chi connectivity index (χ2n) is 2.97. The van der Waals surface area contributed by atoms with Crippen molar-refractivity contribution in [1.29, 1.82) is 0 Å². The molecule has 0 atom stereocenters. The van der Waals surface area contributed by atoms with Crippen molar-refractivity contribution >= 4 is 5.91 Å². The molecule has 0 aliphatic heterocycles. The number of hydrogen-bond acceptors (Lipinski definition) is 2. The van der Waals surface area contributed by atoms with Crippen LogP contribution in [0.2, 0.25) is 0 Å². The number of halogens is 1. The molecule has 0 bridgehead atoms. The summed E-state index contributed by atoms with van der Waals surface area (Å²) in [6.45, 7) is 1.61. The van der Waals surface area contributed by atoms with E-state index in [1.54, 1.807) is 21.0 Å². The van der Waals surface area contributed by atoms with Crippen LogP contribution in [0.25, 0.3) is 0 Å². The third kappa shape index (κ3) is 2.02. The average Bonchev–Trinajstić information content (AvgIpc) is 2.03. The fraction of sp³-hybridized carbons (Fsp3) is 0.333. The van der Waals surface area contributed by atoms with Crippen LogP contribution in [-0.2, 0) is 0 Å². The maximum absolute atomic E-state index is 12.6. The van der Waals surface area contributed by atoms with Crippen LogP contribution in [-0.4, -0.2) is 29.9 Å². The minimum atomic E-state index is -0.562. The Morgan fingerprint density at radius 1 is 1.46 bits per heavy atom. The Kier molecular flexibility index (Phi) is 2.60. The minimum Gasteiger partial charge on any atom is -0.345 e. The Morgan fingerprint density at radius 2 is 2.08 bits per heavy atom. The van der Waals surface area contributed by atoms with Gasteiger partial charge < -0.3 is 4.90 Å². The SMILES string of the molecule is Cc1nc(F)ccc1C(=O)N(C)C. The predicted molar refractivity (Wildman–Crippen MR) is 46.9 cm³/mol. The van der Waals surface area contributed by atoms with E-state index in [1.807, 2.05) is 0 Å². The van der Waals surface area contributed by atoms with Gasteiger partial charge in [0.05, 0.1) is 11.3 Å². The normalized spacial score (nSPS) is 9.85. The second kappa shape index (κ2) is 3.51. The molecule has 1 heterocycles. The number of carbonyl (C=O) groups excluding carboxylic acids is 1. The molecule has 0 aromatic carbocycles. The molecule has 0 radical (unpaired) electrons. The summed E-state index contributed by atoms with van der Waals surface area (Å²) in [5.41, 5.74) is 0.852. The van der Waals surface area contributed by atoms with E-state index in [9.17, 15) is 9.18 Å². The Morgan fingerprint density at radius 3 is 2.54 bits per heavy atom. The van der Waals surface area contributed by atoms with Crippen LogP contribution < -0.4 is 0 Å². The summed E-state index contributed by atoms with van der Waals surface area (Å²) >= 11 is 0. The number of rotatable bonds is 1. The van der Waals surface area contributed by atoms with Gasteiger partial charge >= 0.3 is 0 Å². The van der Waals surface area contributed by atoms with Gasteiger partial charge in [0.1, 0.15) is 0 Å². The number of hydrogen-bond donors (Lipinski definition) is 0. The summed E-state index contributed by atoms with van der Waals surface area (Å²) in [7, 11) is 3.29. The highest BCUT2D eigenvalue weighted by Crippen LogP contribution is 2.07. The Hall–Kier alpha value is -1.45. The molecule has 0 aliphatic carbocycles. The highest BCUT2D eigenvalue weighted by Gasteiger charge is 2.11. The summed E-state index contributed by atoms with van der Waals surface area (Å²) in [6, 6.07) is 2.63. The monoisotopic (exact) mass is 182 g/mol. The van der Waals surface area contributed by atoms with Crippen molar-refractivity contribution in [1.82, 2.24) is 9.88 Å². The minimum absolute atomic E-state index is 0.162. The molecule has 0 unspecified atom stereocenters. The number of carbonyl (C=O) groups is 1. The fourth-order valence-electron chi connectivity index (χ4n) is 0.997. The molecule has 4 heteroatoms. The molecule has 1 rings (SSSR count). The highest BCUT2D eigenvalue weighted by molar-refractivity contribution is 5.94. The second-order valence-corrected chi connectivity index (χ2v) is 2.97. The Labute approximate surface area is 76.2 Å². The fourth-order valence-corrected chi connectivity index (χ4v) is 0.997. The lowest BCUT2D eigenvalue weighted by Gasteiger charge is -2.11. The first-order chi connectivity index (χ1) is 6.02. The molecule has 0 saturated carbocycles. The molecule has 0 saturated heterocycles. The summed E-state index contributed by atoms with van der Waals surface area (Å²) < 4.78 is 12.6. The first-order valence-electron chi connectivity index (χ1n) is 3.87. The van der Waals surface area contributed by atoms with Gasteiger partial charge in [-0.05, 0) is 19.1 Å². The molecule has 3 nitrogen and oxygen atoms in total. The molecule has 0 aliphatic rings. The van der Waals surface area contributed by atoms with Crippen LogP contribution in [0.1, 0.15) is 16.1 Å². The lowest BCUT2D eigenvalue weighted by molar-refractivity contribution is 0.0826. The molecule has 0 N–H and O–H groups in total. The number of nitrogens with zero attached hydrogens (tertiary/aromatic N) is 2. The van der Waals surface area contributed by atoms with Crippen LogP contribution in [0.3, 0.4) is 0 Å². The number of pyridine rings is 1. The van der Waals surface area contributed by atoms with E-state index in [1.165, 1.54) is 17.0 Å². The lowest BCUT2D eigenvalue weighted by atomic mass is 10.2. The molecule has 1 aromatic rings. The zero-order chi connectivity index (χ0) is 10.0. The summed E-state index contributed by atoms with van der Waals surface area (Å²) in [6.07, 6.45) is 0. The number of amides is 1. The molecule has 0 fully saturated rings. The molecular weight excluding hydrogens is 171 g/mol. The van der Waals surface area contributed by atoms with E-state index in [-0.39, 0.29) is 5.91 Å². The van der Waals surface area contributed by atoms with Crippen LogP contribution >= 0.6 is 0 Å². The van der Waals surface area contributed by atoms with Crippen molar-refractivity contribution in [2.75, 3.05) is 14.1 Å². The zero-order valence-electron chi connectivity index (χ0n) is 7.84. The quantitative estimate of drug-likeness (QED) is 0.612. The Balaban J connectivity index is 3.09. The number of aromatic nitrogens is 1. The van der Waals surface area contributed by atoms with E-state index < -0.39 is 5.95 Å². The van der Waals surface area contributed by atoms with Crippen molar-refractivity contribution in [2.45, 2.75) is 6.92 Å². The van der Waals surface area contributed by atoms with Gasteiger partial charge in [-0.3, -0.25) is 4.79 Å². The van der Waals surface area contributed by atoms with Gasteiger partial charge in [0.15, 0.2) is 0 Å². The van der Waals surface area contributed by atoms with E-state index in [0.717, 1.165) is 0 Å². The van der Waals surface area contributed by atoms with Gasteiger partial charge in [-0.25, -0.2) is 4.98 Å². The first-order valence-corrected chi connectivity index (χ1v) is 3.87. The van der Waals surface area contributed by atoms with Gasteiger partial charge in [0.2, 0.25) is 5.95 Å². The van der Waals surface area contributed by atoms with Gasteiger partial charge in [-0.1, -0.05) is 0 Å². The molecule has 0 spiro atoms. The van der Waals surface area contributed by atoms with E-state index in [2.05, 4.69) is 4.98 Å². The summed E-state index contributed by atoms with van der Waals surface area (Å²) in [4.78, 5) is 16.4. The van der Waals surface area contributed by atoms with Crippen LogP contribution in [0.5, 0.6) is 0 Å². The molecule has 70 valence electrons. The number of aryl methyl sites for hydroxylation is 1. The highest BCUT2D eigenvalue weighted by atomic mass is 19.1. The van der Waals surface area contributed by atoms with Crippen molar-refractivity contribution in [3.63, 3.8) is 0 Å². The van der Waals surface area contributed by atoms with E-state index >= 15 is 0 Å². The van der Waals surface area contributed by atoms with Crippen LogP contribution in [0.4, 0.5) is 4.39 Å². The third-order valence-corrected chi connectivity index (χ3v) is 1.69. The van der Waals surface area contributed by atoms with Crippen molar-refractivity contribution < 1.29 is 9.18 Å². The van der Waals surface area contributed by atoms with Crippen molar-refractivity contribution in [2.24, 2.45) is 0 Å².